The second-order valence-corrected chi connectivity index (χ2v) is 6.02. The number of benzene rings is 2. The van der Waals surface area contributed by atoms with E-state index in [1.807, 2.05) is 13.0 Å². The summed E-state index contributed by atoms with van der Waals surface area (Å²) in [6, 6.07) is 13.4. The highest BCUT2D eigenvalue weighted by Gasteiger charge is 2.11. The van der Waals surface area contributed by atoms with Crippen LogP contribution in [-0.4, -0.2) is 18.1 Å². The zero-order valence-electron chi connectivity index (χ0n) is 14.1. The number of methoxy groups -OCH3 is 1. The van der Waals surface area contributed by atoms with Gasteiger partial charge >= 0.3 is 6.03 Å². The summed E-state index contributed by atoms with van der Waals surface area (Å²) < 4.78 is 5.22. The molecule has 2 N–H and O–H groups in total. The first-order valence-corrected chi connectivity index (χ1v) is 8.11. The summed E-state index contributed by atoms with van der Waals surface area (Å²) in [5.41, 5.74) is 2.87. The Bertz CT molecular complexity index is 1040. The zero-order valence-corrected chi connectivity index (χ0v) is 14.9. The van der Waals surface area contributed by atoms with Gasteiger partial charge < -0.3 is 15.4 Å². The standard InChI is InChI=1S/C19H15ClN4O2/c1-11-7-15(14-5-4-13(20)9-16(14)22-11)23-19(25)24-17-8-12(10-21)3-6-18(17)26-2/h3-9H,1-2H3,(H2,22,23,24,25). The number of pyridine rings is 1. The van der Waals surface area contributed by atoms with Crippen molar-refractivity contribution in [2.45, 2.75) is 6.92 Å². The van der Waals surface area contributed by atoms with Gasteiger partial charge in [0, 0.05) is 16.1 Å². The Hall–Kier alpha value is -3.30. The van der Waals surface area contributed by atoms with Gasteiger partial charge in [0.1, 0.15) is 5.75 Å². The molecular formula is C19H15ClN4O2. The van der Waals surface area contributed by atoms with E-state index in [4.69, 9.17) is 21.6 Å². The van der Waals surface area contributed by atoms with Crippen LogP contribution in [0.2, 0.25) is 5.02 Å². The predicted molar refractivity (Wildman–Crippen MR) is 102 cm³/mol. The molecule has 2 aromatic carbocycles. The van der Waals surface area contributed by atoms with Gasteiger partial charge in [0.15, 0.2) is 0 Å². The summed E-state index contributed by atoms with van der Waals surface area (Å²) in [6.45, 7) is 1.84. The number of aromatic nitrogens is 1. The van der Waals surface area contributed by atoms with Crippen LogP contribution < -0.4 is 15.4 Å². The van der Waals surface area contributed by atoms with Crippen molar-refractivity contribution in [2.24, 2.45) is 0 Å². The smallest absolute Gasteiger partial charge is 0.323 e. The highest BCUT2D eigenvalue weighted by molar-refractivity contribution is 6.31. The Labute approximate surface area is 155 Å². The lowest BCUT2D eigenvalue weighted by Crippen LogP contribution is -2.20. The first-order valence-electron chi connectivity index (χ1n) is 7.73. The largest absolute Gasteiger partial charge is 0.495 e. The highest BCUT2D eigenvalue weighted by Crippen LogP contribution is 2.28. The maximum atomic E-state index is 12.5. The van der Waals surface area contributed by atoms with Gasteiger partial charge in [-0.1, -0.05) is 11.6 Å². The van der Waals surface area contributed by atoms with Crippen molar-refractivity contribution in [1.29, 1.82) is 5.26 Å². The molecule has 0 aliphatic carbocycles. The highest BCUT2D eigenvalue weighted by atomic mass is 35.5. The van der Waals surface area contributed by atoms with Gasteiger partial charge in [0.25, 0.3) is 0 Å². The average molecular weight is 367 g/mol. The number of ether oxygens (including phenoxy) is 1. The van der Waals surface area contributed by atoms with Crippen molar-refractivity contribution in [3.63, 3.8) is 0 Å². The fourth-order valence-corrected chi connectivity index (χ4v) is 2.75. The van der Waals surface area contributed by atoms with Crippen molar-refractivity contribution < 1.29 is 9.53 Å². The van der Waals surface area contributed by atoms with Crippen LogP contribution in [0.3, 0.4) is 0 Å². The fourth-order valence-electron chi connectivity index (χ4n) is 2.59. The van der Waals surface area contributed by atoms with E-state index in [1.54, 1.807) is 42.5 Å². The van der Waals surface area contributed by atoms with Crippen LogP contribution in [-0.2, 0) is 0 Å². The lowest BCUT2D eigenvalue weighted by Gasteiger charge is -2.13. The van der Waals surface area contributed by atoms with E-state index in [1.165, 1.54) is 7.11 Å². The topological polar surface area (TPSA) is 87.0 Å². The third-order valence-electron chi connectivity index (χ3n) is 3.72. The second-order valence-electron chi connectivity index (χ2n) is 5.58. The van der Waals surface area contributed by atoms with Gasteiger partial charge in [0.05, 0.1) is 35.6 Å². The number of hydrogen-bond donors (Lipinski definition) is 2. The third-order valence-corrected chi connectivity index (χ3v) is 3.96. The third kappa shape index (κ3) is 3.68. The average Bonchev–Trinajstić information content (AvgIpc) is 2.60. The molecule has 0 aliphatic rings. The van der Waals surface area contributed by atoms with Crippen molar-refractivity contribution >= 4 is 39.9 Å². The molecule has 1 heterocycles. The van der Waals surface area contributed by atoms with Crippen LogP contribution in [0.4, 0.5) is 16.2 Å². The summed E-state index contributed by atoms with van der Waals surface area (Å²) in [4.78, 5) is 16.9. The van der Waals surface area contributed by atoms with E-state index < -0.39 is 6.03 Å². The molecule has 130 valence electrons. The molecule has 3 rings (SSSR count). The molecule has 26 heavy (non-hydrogen) atoms. The minimum absolute atomic E-state index is 0.405. The number of fused-ring (bicyclic) bond motifs is 1. The normalized spacial score (nSPS) is 10.2. The molecule has 1 aromatic heterocycles. The molecule has 2 amide bonds. The van der Waals surface area contributed by atoms with Crippen LogP contribution in [0.1, 0.15) is 11.3 Å². The van der Waals surface area contributed by atoms with E-state index in [9.17, 15) is 4.79 Å². The first-order chi connectivity index (χ1) is 12.5. The molecular weight excluding hydrogens is 352 g/mol. The fraction of sp³-hybridized carbons (Fsp3) is 0.105. The summed E-state index contributed by atoms with van der Waals surface area (Å²) in [7, 11) is 1.49. The number of nitriles is 1. The molecule has 6 nitrogen and oxygen atoms in total. The van der Waals surface area contributed by atoms with Gasteiger partial charge in [-0.15, -0.1) is 0 Å². The molecule has 3 aromatic rings. The monoisotopic (exact) mass is 366 g/mol. The number of carbonyl (C=O) groups excluding carboxylic acids is 1. The minimum Gasteiger partial charge on any atom is -0.495 e. The molecule has 0 radical (unpaired) electrons. The molecule has 0 aliphatic heterocycles. The number of nitrogens with one attached hydrogen (secondary N) is 2. The summed E-state index contributed by atoms with van der Waals surface area (Å²) in [6.07, 6.45) is 0. The van der Waals surface area contributed by atoms with Crippen molar-refractivity contribution in [1.82, 2.24) is 4.98 Å². The number of rotatable bonds is 3. The Morgan fingerprint density at radius 2 is 1.92 bits per heavy atom. The SMILES string of the molecule is COc1ccc(C#N)cc1NC(=O)Nc1cc(C)nc2cc(Cl)ccc12. The lowest BCUT2D eigenvalue weighted by molar-refractivity contribution is 0.262. The van der Waals surface area contributed by atoms with Crippen LogP contribution >= 0.6 is 11.6 Å². The second kappa shape index (κ2) is 7.30. The van der Waals surface area contributed by atoms with Gasteiger partial charge in [-0.05, 0) is 49.4 Å². The quantitative estimate of drug-likeness (QED) is 0.702. The lowest BCUT2D eigenvalue weighted by atomic mass is 10.1. The molecule has 0 spiro atoms. The Kier molecular flexibility index (Phi) is 4.92. The number of anilines is 2. The van der Waals surface area contributed by atoms with Gasteiger partial charge in [-0.25, -0.2) is 4.79 Å². The maximum absolute atomic E-state index is 12.5. The number of halogens is 1. The van der Waals surface area contributed by atoms with E-state index >= 15 is 0 Å². The number of urea groups is 1. The molecule has 0 atom stereocenters. The number of aryl methyl sites for hydroxylation is 1. The number of amides is 2. The molecule has 0 bridgehead atoms. The maximum Gasteiger partial charge on any atom is 0.323 e. The zero-order chi connectivity index (χ0) is 18.7. The minimum atomic E-state index is -0.458. The molecule has 0 saturated carbocycles. The number of carbonyl (C=O) groups is 1. The van der Waals surface area contributed by atoms with Gasteiger partial charge in [0.2, 0.25) is 0 Å². The first kappa shape index (κ1) is 17.5. The summed E-state index contributed by atoms with van der Waals surface area (Å²) in [5.74, 6) is 0.460. The Morgan fingerprint density at radius 1 is 1.15 bits per heavy atom. The van der Waals surface area contributed by atoms with E-state index in [0.29, 0.717) is 33.2 Å². The van der Waals surface area contributed by atoms with E-state index in [0.717, 1.165) is 11.1 Å². The van der Waals surface area contributed by atoms with Crippen molar-refractivity contribution in [2.75, 3.05) is 17.7 Å². The summed E-state index contributed by atoms with van der Waals surface area (Å²) >= 11 is 6.02. The van der Waals surface area contributed by atoms with E-state index in [2.05, 4.69) is 15.6 Å². The number of nitrogens with zero attached hydrogens (tertiary/aromatic N) is 2. The molecule has 7 heteroatoms. The van der Waals surface area contributed by atoms with Gasteiger partial charge in [-0.2, -0.15) is 5.26 Å². The molecule has 0 unspecified atom stereocenters. The van der Waals surface area contributed by atoms with Crippen molar-refractivity contribution in [3.8, 4) is 11.8 Å². The molecule has 0 fully saturated rings. The van der Waals surface area contributed by atoms with Gasteiger partial charge in [-0.3, -0.25) is 4.98 Å². The van der Waals surface area contributed by atoms with Crippen LogP contribution in [0.15, 0.2) is 42.5 Å². The number of hydrogen-bond acceptors (Lipinski definition) is 4. The molecule has 0 saturated heterocycles. The van der Waals surface area contributed by atoms with Crippen molar-refractivity contribution in [3.05, 3.63) is 58.7 Å². The van der Waals surface area contributed by atoms with Crippen LogP contribution in [0.5, 0.6) is 5.75 Å². The van der Waals surface area contributed by atoms with Crippen LogP contribution in [0, 0.1) is 18.3 Å². The predicted octanol–water partition coefficient (Wildman–Crippen LogP) is 4.72. The summed E-state index contributed by atoms with van der Waals surface area (Å²) in [5, 5.41) is 15.9. The van der Waals surface area contributed by atoms with Crippen LogP contribution in [0.25, 0.3) is 10.9 Å². The Balaban J connectivity index is 1.90. The van der Waals surface area contributed by atoms with E-state index in [-0.39, 0.29) is 0 Å². The Morgan fingerprint density at radius 3 is 2.65 bits per heavy atom.